The summed E-state index contributed by atoms with van der Waals surface area (Å²) < 4.78 is 15.0. The van der Waals surface area contributed by atoms with Gasteiger partial charge < -0.3 is 0 Å². The third-order valence-electron chi connectivity index (χ3n) is 5.28. The van der Waals surface area contributed by atoms with Crippen LogP contribution in [0.5, 0.6) is 0 Å². The molecule has 0 saturated heterocycles. The van der Waals surface area contributed by atoms with Gasteiger partial charge in [0.15, 0.2) is 0 Å². The molecule has 2 amide bonds. The van der Waals surface area contributed by atoms with Crippen molar-refractivity contribution >= 4 is 11.8 Å². The Balaban J connectivity index is 0.00000126. The van der Waals surface area contributed by atoms with Crippen LogP contribution in [0.25, 0.3) is 22.4 Å². The summed E-state index contributed by atoms with van der Waals surface area (Å²) >= 11 is 0. The number of aryl methyl sites for hydroxylation is 1. The molecule has 0 radical (unpaired) electrons. The fourth-order valence-electron chi connectivity index (χ4n) is 3.84. The number of aromatic nitrogens is 3. The Bertz CT molecular complexity index is 1310. The van der Waals surface area contributed by atoms with Crippen LogP contribution in [0.2, 0.25) is 0 Å². The maximum Gasteiger partial charge on any atom is 0.280 e. The van der Waals surface area contributed by atoms with E-state index in [4.69, 9.17) is 0 Å². The molecular weight excluding hydrogens is 419 g/mol. The van der Waals surface area contributed by atoms with E-state index in [-0.39, 0.29) is 29.5 Å². The molecule has 1 aliphatic heterocycles. The van der Waals surface area contributed by atoms with Crippen LogP contribution in [0.3, 0.4) is 0 Å². The van der Waals surface area contributed by atoms with Gasteiger partial charge >= 0.3 is 0 Å². The van der Waals surface area contributed by atoms with Crippen molar-refractivity contribution in [2.24, 2.45) is 7.05 Å². The molecule has 0 unspecified atom stereocenters. The van der Waals surface area contributed by atoms with Crippen LogP contribution in [0.4, 0.5) is 4.39 Å². The number of pyridine rings is 1. The zero-order valence-electron chi connectivity index (χ0n) is 18.6. The molecule has 3 heterocycles. The summed E-state index contributed by atoms with van der Waals surface area (Å²) in [6.07, 6.45) is 3.30. The average Bonchev–Trinajstić information content (AvgIpc) is 3.35. The number of benzene rings is 2. The first-order valence-corrected chi connectivity index (χ1v) is 10.7. The lowest BCUT2D eigenvalue weighted by atomic mass is 9.97. The SMILES string of the molecule is CC.Cn1cc(-c2ccnc3c2C(=O)N(Cc2ccccc2)C3=O)c(-c2ccc(F)cc2)n1. The summed E-state index contributed by atoms with van der Waals surface area (Å²) in [7, 11) is 1.77. The van der Waals surface area contributed by atoms with Crippen molar-refractivity contribution in [1.82, 2.24) is 19.7 Å². The van der Waals surface area contributed by atoms with Crippen molar-refractivity contribution in [2.45, 2.75) is 20.4 Å². The fourth-order valence-corrected chi connectivity index (χ4v) is 3.84. The molecule has 0 bridgehead atoms. The van der Waals surface area contributed by atoms with E-state index >= 15 is 0 Å². The highest BCUT2D eigenvalue weighted by Gasteiger charge is 2.39. The molecule has 2 aromatic heterocycles. The molecule has 4 aromatic rings. The zero-order valence-corrected chi connectivity index (χ0v) is 18.6. The van der Waals surface area contributed by atoms with Crippen molar-refractivity contribution in [2.75, 3.05) is 0 Å². The predicted octanol–water partition coefficient (Wildman–Crippen LogP) is 5.11. The Morgan fingerprint density at radius 1 is 0.848 bits per heavy atom. The summed E-state index contributed by atoms with van der Waals surface area (Å²) in [5.74, 6) is -1.15. The smallest absolute Gasteiger partial charge is 0.275 e. The number of imide groups is 1. The van der Waals surface area contributed by atoms with E-state index in [2.05, 4.69) is 10.1 Å². The Morgan fingerprint density at radius 2 is 1.55 bits per heavy atom. The summed E-state index contributed by atoms with van der Waals surface area (Å²) in [5.41, 5.74) is 3.80. The van der Waals surface area contributed by atoms with Crippen LogP contribution in [0.1, 0.15) is 40.3 Å². The van der Waals surface area contributed by atoms with E-state index in [1.54, 1.807) is 36.1 Å². The molecule has 5 rings (SSSR count). The third-order valence-corrected chi connectivity index (χ3v) is 5.28. The summed E-state index contributed by atoms with van der Waals surface area (Å²) in [6, 6.07) is 17.0. The van der Waals surface area contributed by atoms with Crippen LogP contribution in [-0.4, -0.2) is 31.5 Å². The van der Waals surface area contributed by atoms with Gasteiger partial charge in [0.25, 0.3) is 11.8 Å². The topological polar surface area (TPSA) is 68.1 Å². The maximum absolute atomic E-state index is 13.4. The molecule has 1 aliphatic rings. The molecule has 0 fully saturated rings. The van der Waals surface area contributed by atoms with Gasteiger partial charge in [-0.05, 0) is 35.9 Å². The molecule has 6 nitrogen and oxygen atoms in total. The molecule has 166 valence electrons. The van der Waals surface area contributed by atoms with Gasteiger partial charge in [-0.25, -0.2) is 4.39 Å². The van der Waals surface area contributed by atoms with Crippen molar-refractivity contribution in [3.63, 3.8) is 0 Å². The van der Waals surface area contributed by atoms with E-state index in [0.717, 1.165) is 5.56 Å². The zero-order chi connectivity index (χ0) is 23.5. The molecule has 7 heteroatoms. The molecule has 0 atom stereocenters. The molecule has 0 N–H and O–H groups in total. The molecular formula is C26H23FN4O2. The van der Waals surface area contributed by atoms with Crippen molar-refractivity contribution in [3.8, 4) is 22.4 Å². The average molecular weight is 442 g/mol. The second kappa shape index (κ2) is 9.16. The Kier molecular flexibility index (Phi) is 6.13. The number of nitrogens with zero attached hydrogens (tertiary/aromatic N) is 4. The predicted molar refractivity (Wildman–Crippen MR) is 124 cm³/mol. The van der Waals surface area contributed by atoms with Crippen LogP contribution < -0.4 is 0 Å². The molecule has 0 spiro atoms. The normalized spacial score (nSPS) is 12.4. The van der Waals surface area contributed by atoms with Crippen molar-refractivity contribution in [3.05, 3.63) is 95.7 Å². The lowest BCUT2D eigenvalue weighted by Gasteiger charge is -2.13. The number of rotatable bonds is 4. The monoisotopic (exact) mass is 442 g/mol. The summed E-state index contributed by atoms with van der Waals surface area (Å²) in [6.45, 7) is 4.17. The van der Waals surface area contributed by atoms with Crippen LogP contribution in [0, 0.1) is 5.82 Å². The maximum atomic E-state index is 13.4. The highest BCUT2D eigenvalue weighted by molar-refractivity contribution is 6.23. The van der Waals surface area contributed by atoms with Gasteiger partial charge in [-0.15, -0.1) is 0 Å². The van der Waals surface area contributed by atoms with Crippen molar-refractivity contribution in [1.29, 1.82) is 0 Å². The standard InChI is InChI=1S/C24H17FN4O2.C2H6/c1-28-14-19(21(27-28)16-7-9-17(25)10-8-16)18-11-12-26-22-20(18)23(30)29(24(22)31)13-15-5-3-2-4-6-15;1-2/h2-12,14H,13H2,1H3;1-2H3. The number of hydrogen-bond acceptors (Lipinski definition) is 4. The third kappa shape index (κ3) is 4.05. The lowest BCUT2D eigenvalue weighted by molar-refractivity contribution is 0.0640. The Hall–Kier alpha value is -4.13. The number of hydrogen-bond donors (Lipinski definition) is 0. The van der Waals surface area contributed by atoms with Gasteiger partial charge in [0, 0.05) is 36.1 Å². The molecule has 0 aliphatic carbocycles. The molecule has 33 heavy (non-hydrogen) atoms. The first-order valence-electron chi connectivity index (χ1n) is 10.7. The van der Waals surface area contributed by atoms with Gasteiger partial charge in [0.2, 0.25) is 0 Å². The quantitative estimate of drug-likeness (QED) is 0.412. The number of halogens is 1. The van der Waals surface area contributed by atoms with E-state index < -0.39 is 5.91 Å². The van der Waals surface area contributed by atoms with Gasteiger partial charge in [-0.3, -0.25) is 24.2 Å². The first-order chi connectivity index (χ1) is 16.0. The van der Waals surface area contributed by atoms with Crippen molar-refractivity contribution < 1.29 is 14.0 Å². The Labute approximate surface area is 191 Å². The van der Waals surface area contributed by atoms with Crippen LogP contribution >= 0.6 is 0 Å². The summed E-state index contributed by atoms with van der Waals surface area (Å²) in [5, 5.41) is 4.51. The van der Waals surface area contributed by atoms with Gasteiger partial charge in [-0.1, -0.05) is 44.2 Å². The minimum Gasteiger partial charge on any atom is -0.275 e. The first kappa shape index (κ1) is 22.1. The molecule has 2 aromatic carbocycles. The van der Waals surface area contributed by atoms with E-state index in [1.165, 1.54) is 23.2 Å². The number of fused-ring (bicyclic) bond motifs is 1. The second-order valence-electron chi connectivity index (χ2n) is 7.34. The molecule has 0 saturated carbocycles. The number of carbonyl (C=O) groups is 2. The fraction of sp³-hybridized carbons (Fsp3) is 0.154. The number of amides is 2. The summed E-state index contributed by atoms with van der Waals surface area (Å²) in [4.78, 5) is 31.7. The van der Waals surface area contributed by atoms with Gasteiger partial charge in [0.1, 0.15) is 17.2 Å². The van der Waals surface area contributed by atoms with Crippen LogP contribution in [-0.2, 0) is 13.6 Å². The lowest BCUT2D eigenvalue weighted by Crippen LogP contribution is -2.29. The minimum atomic E-state index is -0.419. The van der Waals surface area contributed by atoms with E-state index in [0.29, 0.717) is 22.4 Å². The highest BCUT2D eigenvalue weighted by atomic mass is 19.1. The number of carbonyl (C=O) groups excluding carboxylic acids is 2. The minimum absolute atomic E-state index is 0.132. The van der Waals surface area contributed by atoms with Crippen LogP contribution in [0.15, 0.2) is 73.1 Å². The van der Waals surface area contributed by atoms with E-state index in [9.17, 15) is 14.0 Å². The van der Waals surface area contributed by atoms with Gasteiger partial charge in [-0.2, -0.15) is 5.10 Å². The largest absolute Gasteiger partial charge is 0.280 e. The second-order valence-corrected chi connectivity index (χ2v) is 7.34. The highest BCUT2D eigenvalue weighted by Crippen LogP contribution is 2.37. The van der Waals surface area contributed by atoms with E-state index in [1.807, 2.05) is 44.2 Å². The van der Waals surface area contributed by atoms with Gasteiger partial charge in [0.05, 0.1) is 12.1 Å². The Morgan fingerprint density at radius 3 is 2.24 bits per heavy atom.